The van der Waals surface area contributed by atoms with Gasteiger partial charge in [-0.3, -0.25) is 4.79 Å². The summed E-state index contributed by atoms with van der Waals surface area (Å²) in [7, 11) is 0. The summed E-state index contributed by atoms with van der Waals surface area (Å²) in [4.78, 5) is 17.0. The van der Waals surface area contributed by atoms with Crippen LogP contribution in [0.25, 0.3) is 5.82 Å². The molecule has 0 saturated heterocycles. The number of ether oxygens (including phenoxy) is 1. The Balaban J connectivity index is 1.35. The van der Waals surface area contributed by atoms with Gasteiger partial charge >= 0.3 is 0 Å². The number of hydrogen-bond donors (Lipinski definition) is 2. The summed E-state index contributed by atoms with van der Waals surface area (Å²) in [5, 5.41) is 13.3. The maximum absolute atomic E-state index is 12.5. The number of fused-ring (bicyclic) bond motifs is 1. The maximum atomic E-state index is 12.5. The Labute approximate surface area is 189 Å². The molecule has 4 rings (SSSR count). The number of aromatic nitrogens is 2. The molecule has 0 radical (unpaired) electrons. The summed E-state index contributed by atoms with van der Waals surface area (Å²) in [6.45, 7) is 4.17. The number of carbonyl (C=O) groups is 1. The smallest absolute Gasteiger partial charge is 0.261 e. The van der Waals surface area contributed by atoms with Crippen LogP contribution in [0, 0.1) is 17.4 Å². The van der Waals surface area contributed by atoms with Crippen LogP contribution in [0.2, 0.25) is 0 Å². The number of hydrogen-bond acceptors (Lipinski definition) is 4. The molecule has 0 bridgehead atoms. The zero-order valence-corrected chi connectivity index (χ0v) is 19.1. The van der Waals surface area contributed by atoms with Crippen molar-refractivity contribution in [3.8, 4) is 11.6 Å². The van der Waals surface area contributed by atoms with E-state index in [-0.39, 0.29) is 12.5 Å². The highest BCUT2D eigenvalue weighted by Gasteiger charge is 2.26. The lowest BCUT2D eigenvalue weighted by Gasteiger charge is -2.26. The number of benzene rings is 1. The zero-order valence-electron chi connectivity index (χ0n) is 16.9. The van der Waals surface area contributed by atoms with Crippen molar-refractivity contribution in [3.05, 3.63) is 74.7 Å². The fraction of sp³-hybridized carbons (Fsp3) is 0.304. The van der Waals surface area contributed by atoms with Crippen LogP contribution in [0.3, 0.4) is 0 Å². The Morgan fingerprint density at radius 1 is 1.27 bits per heavy atom. The van der Waals surface area contributed by atoms with Gasteiger partial charge in [-0.1, -0.05) is 6.07 Å². The SMILES string of the molecule is Cc1ccc(C)n1-c1ccc(C(O)CNC(=O)C2CCc3cc(I)ccc3O2)cn1. The van der Waals surface area contributed by atoms with Gasteiger partial charge < -0.3 is 19.7 Å². The van der Waals surface area contributed by atoms with Gasteiger partial charge in [0.15, 0.2) is 6.10 Å². The first-order valence-corrected chi connectivity index (χ1v) is 11.0. The molecule has 0 aliphatic carbocycles. The number of nitrogens with one attached hydrogen (secondary N) is 1. The predicted octanol–water partition coefficient (Wildman–Crippen LogP) is 3.64. The third-order valence-corrected chi connectivity index (χ3v) is 6.06. The Hall–Kier alpha value is -2.39. The lowest BCUT2D eigenvalue weighted by atomic mass is 10.0. The van der Waals surface area contributed by atoms with Crippen molar-refractivity contribution < 1.29 is 14.6 Å². The Morgan fingerprint density at radius 2 is 2.03 bits per heavy atom. The summed E-state index contributed by atoms with van der Waals surface area (Å²) in [5.74, 6) is 1.36. The van der Waals surface area contributed by atoms with Crippen molar-refractivity contribution in [3.63, 3.8) is 0 Å². The van der Waals surface area contributed by atoms with E-state index >= 15 is 0 Å². The van der Waals surface area contributed by atoms with E-state index < -0.39 is 12.2 Å². The number of aliphatic hydroxyl groups is 1. The molecule has 156 valence electrons. The van der Waals surface area contributed by atoms with Gasteiger partial charge in [0.2, 0.25) is 0 Å². The molecular formula is C23H24IN3O3. The van der Waals surface area contributed by atoms with Gasteiger partial charge in [0.05, 0.1) is 6.10 Å². The van der Waals surface area contributed by atoms with Crippen molar-refractivity contribution in [2.45, 2.75) is 38.9 Å². The van der Waals surface area contributed by atoms with Gasteiger partial charge in [0, 0.05) is 33.3 Å². The number of nitrogens with zero attached hydrogens (tertiary/aromatic N) is 2. The first kappa shape index (κ1) is 20.9. The molecule has 2 aromatic heterocycles. The summed E-state index contributed by atoms with van der Waals surface area (Å²) in [5.41, 5.74) is 3.99. The van der Waals surface area contributed by atoms with Gasteiger partial charge in [0.25, 0.3) is 5.91 Å². The number of pyridine rings is 1. The summed E-state index contributed by atoms with van der Waals surface area (Å²) in [6, 6.07) is 13.8. The number of aliphatic hydroxyl groups excluding tert-OH is 1. The highest BCUT2D eigenvalue weighted by molar-refractivity contribution is 14.1. The van der Waals surface area contributed by atoms with Crippen molar-refractivity contribution in [1.82, 2.24) is 14.9 Å². The molecule has 2 N–H and O–H groups in total. The van der Waals surface area contributed by atoms with Crippen LogP contribution in [-0.4, -0.2) is 33.2 Å². The minimum absolute atomic E-state index is 0.112. The number of carbonyl (C=O) groups excluding carboxylic acids is 1. The predicted molar refractivity (Wildman–Crippen MR) is 123 cm³/mol. The topological polar surface area (TPSA) is 76.4 Å². The highest BCUT2D eigenvalue weighted by atomic mass is 127. The van der Waals surface area contributed by atoms with E-state index in [9.17, 15) is 9.90 Å². The fourth-order valence-corrected chi connectivity index (χ4v) is 4.28. The molecule has 0 saturated carbocycles. The van der Waals surface area contributed by atoms with Gasteiger partial charge in [0.1, 0.15) is 11.6 Å². The van der Waals surface area contributed by atoms with E-state index in [4.69, 9.17) is 4.74 Å². The number of halogens is 1. The first-order chi connectivity index (χ1) is 14.4. The largest absolute Gasteiger partial charge is 0.480 e. The molecule has 30 heavy (non-hydrogen) atoms. The molecule has 6 nitrogen and oxygen atoms in total. The maximum Gasteiger partial charge on any atom is 0.261 e. The Kier molecular flexibility index (Phi) is 6.10. The molecule has 1 amide bonds. The third kappa shape index (κ3) is 4.37. The van der Waals surface area contributed by atoms with Crippen molar-refractivity contribution >= 4 is 28.5 Å². The molecule has 2 unspecified atom stereocenters. The normalized spacial score (nSPS) is 16.5. The van der Waals surface area contributed by atoms with Gasteiger partial charge in [-0.2, -0.15) is 0 Å². The van der Waals surface area contributed by atoms with E-state index in [0.29, 0.717) is 12.0 Å². The van der Waals surface area contributed by atoms with E-state index in [1.807, 2.05) is 50.2 Å². The van der Waals surface area contributed by atoms with Crippen LogP contribution in [0.1, 0.15) is 35.0 Å². The molecule has 3 aromatic rings. The second-order valence-electron chi connectivity index (χ2n) is 7.56. The molecular weight excluding hydrogens is 493 g/mol. The third-order valence-electron chi connectivity index (χ3n) is 5.39. The summed E-state index contributed by atoms with van der Waals surface area (Å²) < 4.78 is 9.06. The van der Waals surface area contributed by atoms with Crippen molar-refractivity contribution in [2.75, 3.05) is 6.54 Å². The van der Waals surface area contributed by atoms with E-state index in [2.05, 4.69) is 43.5 Å². The molecule has 1 aliphatic heterocycles. The van der Waals surface area contributed by atoms with Crippen LogP contribution in [0.4, 0.5) is 0 Å². The second kappa shape index (κ2) is 8.77. The second-order valence-corrected chi connectivity index (χ2v) is 8.81. The van der Waals surface area contributed by atoms with Crippen LogP contribution in [0.5, 0.6) is 5.75 Å². The fourth-order valence-electron chi connectivity index (χ4n) is 3.73. The molecule has 2 atom stereocenters. The molecule has 0 spiro atoms. The number of rotatable bonds is 5. The average molecular weight is 517 g/mol. The van der Waals surface area contributed by atoms with Gasteiger partial charge in [-0.15, -0.1) is 0 Å². The van der Waals surface area contributed by atoms with Crippen LogP contribution in [0.15, 0.2) is 48.7 Å². The van der Waals surface area contributed by atoms with E-state index in [1.54, 1.807) is 6.20 Å². The Bertz CT molecular complexity index is 1040. The average Bonchev–Trinajstić information content (AvgIpc) is 3.09. The monoisotopic (exact) mass is 517 g/mol. The minimum atomic E-state index is -0.834. The highest BCUT2D eigenvalue weighted by Crippen LogP contribution is 2.29. The quantitative estimate of drug-likeness (QED) is 0.507. The minimum Gasteiger partial charge on any atom is -0.480 e. The zero-order chi connectivity index (χ0) is 21.3. The van der Waals surface area contributed by atoms with Crippen LogP contribution in [-0.2, 0) is 11.2 Å². The first-order valence-electron chi connectivity index (χ1n) is 9.94. The summed E-state index contributed by atoms with van der Waals surface area (Å²) in [6.07, 6.45) is 1.71. The van der Waals surface area contributed by atoms with Crippen LogP contribution >= 0.6 is 22.6 Å². The molecule has 3 heterocycles. The lowest BCUT2D eigenvalue weighted by molar-refractivity contribution is -0.129. The van der Waals surface area contributed by atoms with E-state index in [1.165, 1.54) is 0 Å². The van der Waals surface area contributed by atoms with Crippen molar-refractivity contribution in [1.29, 1.82) is 0 Å². The van der Waals surface area contributed by atoms with Crippen LogP contribution < -0.4 is 10.1 Å². The standard InChI is InChI=1S/C23H24IN3O3/c1-14-3-4-15(2)27(14)22-10-6-17(12-25-22)19(28)13-26-23(29)21-8-5-16-11-18(24)7-9-20(16)30-21/h3-4,6-7,9-12,19,21,28H,5,8,13H2,1-2H3,(H,26,29). The molecule has 1 aromatic carbocycles. The molecule has 7 heteroatoms. The lowest BCUT2D eigenvalue weighted by Crippen LogP contribution is -2.41. The number of amides is 1. The Morgan fingerprint density at radius 3 is 2.73 bits per heavy atom. The van der Waals surface area contributed by atoms with E-state index in [0.717, 1.165) is 38.5 Å². The molecule has 1 aliphatic rings. The van der Waals surface area contributed by atoms with Gasteiger partial charge in [-0.25, -0.2) is 4.98 Å². The summed E-state index contributed by atoms with van der Waals surface area (Å²) >= 11 is 2.27. The van der Waals surface area contributed by atoms with Gasteiger partial charge in [-0.05, 0) is 91.2 Å². The van der Waals surface area contributed by atoms with Crippen molar-refractivity contribution in [2.24, 2.45) is 0 Å². The molecule has 0 fully saturated rings. The number of aryl methyl sites for hydroxylation is 3.